The van der Waals surface area contributed by atoms with E-state index in [4.69, 9.17) is 16.5 Å². The smallest absolute Gasteiger partial charge is 0.333 e. The van der Waals surface area contributed by atoms with Crippen LogP contribution >= 0.6 is 11.8 Å². The van der Waals surface area contributed by atoms with Gasteiger partial charge < -0.3 is 4.74 Å². The molecule has 3 nitrogen and oxygen atoms in total. The molecule has 1 aliphatic heterocycles. The number of piperidine rings is 1. The molecule has 0 spiro atoms. The number of hydrogen-bond acceptors (Lipinski definition) is 3. The van der Waals surface area contributed by atoms with Gasteiger partial charge in [0.25, 0.3) is 0 Å². The van der Waals surface area contributed by atoms with Crippen LogP contribution in [0.1, 0.15) is 40.5 Å². The predicted octanol–water partition coefficient (Wildman–Crippen LogP) is 2.89. The van der Waals surface area contributed by atoms with Crippen LogP contribution in [-0.4, -0.2) is 28.1 Å². The first-order chi connectivity index (χ1) is 7.24. The van der Waals surface area contributed by atoms with E-state index in [1.165, 1.54) is 0 Å². The summed E-state index contributed by atoms with van der Waals surface area (Å²) < 4.78 is 7.20. The second kappa shape index (κ2) is 4.76. The lowest BCUT2D eigenvalue weighted by Gasteiger charge is -2.44. The Labute approximate surface area is 103 Å². The summed E-state index contributed by atoms with van der Waals surface area (Å²) in [4.78, 5) is 11.4. The lowest BCUT2D eigenvalue weighted by molar-refractivity contribution is -0.148. The van der Waals surface area contributed by atoms with Crippen molar-refractivity contribution in [2.24, 2.45) is 0 Å². The Hall–Kier alpha value is -0.540. The first kappa shape index (κ1) is 13.5. The highest BCUT2D eigenvalue weighted by Crippen LogP contribution is 2.34. The lowest BCUT2D eigenvalue weighted by Crippen LogP contribution is -2.51. The second-order valence-corrected chi connectivity index (χ2v) is 5.58. The zero-order valence-electron chi connectivity index (χ0n) is 10.4. The summed E-state index contributed by atoms with van der Waals surface area (Å²) in [6, 6.07) is 0.202. The molecule has 1 rings (SSSR count). The van der Waals surface area contributed by atoms with Crippen molar-refractivity contribution in [1.82, 2.24) is 4.42 Å². The maximum absolute atomic E-state index is 11.4. The van der Waals surface area contributed by atoms with Crippen LogP contribution in [0.15, 0.2) is 12.2 Å². The Balaban J connectivity index is 2.65. The third-order valence-electron chi connectivity index (χ3n) is 2.92. The average Bonchev–Trinajstić information content (AvgIpc) is 2.13. The van der Waals surface area contributed by atoms with Gasteiger partial charge in [0.15, 0.2) is 0 Å². The average molecular weight is 246 g/mol. The van der Waals surface area contributed by atoms with Crippen molar-refractivity contribution in [2.45, 2.75) is 58.2 Å². The zero-order valence-corrected chi connectivity index (χ0v) is 11.2. The molecule has 1 fully saturated rings. The van der Waals surface area contributed by atoms with Crippen LogP contribution < -0.4 is 0 Å². The van der Waals surface area contributed by atoms with Crippen molar-refractivity contribution in [2.75, 3.05) is 0 Å². The first-order valence-electron chi connectivity index (χ1n) is 5.55. The highest BCUT2D eigenvalue weighted by molar-refractivity contribution is 6.14. The summed E-state index contributed by atoms with van der Waals surface area (Å²) in [7, 11) is 0. The van der Waals surface area contributed by atoms with Gasteiger partial charge in [0, 0.05) is 30.0 Å². The molecule has 0 amide bonds. The fourth-order valence-electron chi connectivity index (χ4n) is 2.14. The molecule has 0 bridgehead atoms. The monoisotopic (exact) mass is 245 g/mol. The number of halogens is 1. The molecule has 0 aliphatic carbocycles. The SMILES string of the molecule is C=C(C)C(=O)OC1CC(C)N(Cl)C(C)(C)C1. The van der Waals surface area contributed by atoms with Gasteiger partial charge in [0.2, 0.25) is 0 Å². The van der Waals surface area contributed by atoms with Gasteiger partial charge in [-0.15, -0.1) is 0 Å². The number of hydrogen-bond donors (Lipinski definition) is 0. The maximum Gasteiger partial charge on any atom is 0.333 e. The molecule has 2 atom stereocenters. The van der Waals surface area contributed by atoms with Gasteiger partial charge >= 0.3 is 5.97 Å². The summed E-state index contributed by atoms with van der Waals surface area (Å²) in [5.41, 5.74) is 0.290. The third-order valence-corrected chi connectivity index (χ3v) is 3.71. The molecule has 2 unspecified atom stereocenters. The van der Waals surface area contributed by atoms with Gasteiger partial charge in [-0.25, -0.2) is 9.21 Å². The molecule has 1 heterocycles. The molecule has 0 N–H and O–H groups in total. The molecule has 4 heteroatoms. The molecular weight excluding hydrogens is 226 g/mol. The molecular formula is C12H20ClNO2. The quantitative estimate of drug-likeness (QED) is 0.426. The molecule has 0 aromatic rings. The minimum Gasteiger partial charge on any atom is -0.459 e. The highest BCUT2D eigenvalue weighted by atomic mass is 35.5. The van der Waals surface area contributed by atoms with Crippen molar-refractivity contribution in [3.8, 4) is 0 Å². The Morgan fingerprint density at radius 2 is 2.12 bits per heavy atom. The van der Waals surface area contributed by atoms with Gasteiger partial charge in [-0.3, -0.25) is 0 Å². The van der Waals surface area contributed by atoms with E-state index in [1.54, 1.807) is 6.92 Å². The Morgan fingerprint density at radius 3 is 2.56 bits per heavy atom. The normalized spacial score (nSPS) is 29.8. The largest absolute Gasteiger partial charge is 0.459 e. The molecule has 0 aromatic heterocycles. The number of rotatable bonds is 2. The van der Waals surface area contributed by atoms with Gasteiger partial charge in [-0.05, 0) is 39.5 Å². The molecule has 92 valence electrons. The second-order valence-electron chi connectivity index (χ2n) is 5.22. The van der Waals surface area contributed by atoms with E-state index in [1.807, 2.05) is 11.3 Å². The van der Waals surface area contributed by atoms with Gasteiger partial charge in [0.1, 0.15) is 6.10 Å². The zero-order chi connectivity index (χ0) is 12.5. The summed E-state index contributed by atoms with van der Waals surface area (Å²) in [5, 5.41) is 0. The summed E-state index contributed by atoms with van der Waals surface area (Å²) >= 11 is 6.20. The Morgan fingerprint density at radius 1 is 1.56 bits per heavy atom. The number of esters is 1. The van der Waals surface area contributed by atoms with E-state index in [0.29, 0.717) is 5.57 Å². The lowest BCUT2D eigenvalue weighted by atomic mass is 9.87. The first-order valence-corrected chi connectivity index (χ1v) is 5.89. The van der Waals surface area contributed by atoms with Crippen molar-refractivity contribution in [3.05, 3.63) is 12.2 Å². The molecule has 1 aliphatic rings. The molecule has 0 radical (unpaired) electrons. The number of carbonyl (C=O) groups is 1. The van der Waals surface area contributed by atoms with Crippen molar-refractivity contribution in [3.63, 3.8) is 0 Å². The molecule has 0 saturated carbocycles. The van der Waals surface area contributed by atoms with E-state index in [2.05, 4.69) is 20.4 Å². The number of ether oxygens (including phenoxy) is 1. The third kappa shape index (κ3) is 2.98. The summed E-state index contributed by atoms with van der Waals surface area (Å²) in [6.07, 6.45) is 1.45. The Bertz CT molecular complexity index is 301. The van der Waals surface area contributed by atoms with E-state index in [9.17, 15) is 4.79 Å². The van der Waals surface area contributed by atoms with E-state index in [-0.39, 0.29) is 23.7 Å². The van der Waals surface area contributed by atoms with Crippen LogP contribution in [0, 0.1) is 0 Å². The minimum atomic E-state index is -0.309. The van der Waals surface area contributed by atoms with E-state index < -0.39 is 0 Å². The van der Waals surface area contributed by atoms with Gasteiger partial charge in [-0.1, -0.05) is 6.58 Å². The van der Waals surface area contributed by atoms with Gasteiger partial charge in [-0.2, -0.15) is 0 Å². The van der Waals surface area contributed by atoms with Crippen LogP contribution in [0.25, 0.3) is 0 Å². The topological polar surface area (TPSA) is 29.5 Å². The van der Waals surface area contributed by atoms with Crippen LogP contribution in [0.4, 0.5) is 0 Å². The highest BCUT2D eigenvalue weighted by Gasteiger charge is 2.39. The van der Waals surface area contributed by atoms with Crippen LogP contribution in [0.5, 0.6) is 0 Å². The number of carbonyl (C=O) groups excluding carboxylic acids is 1. The predicted molar refractivity (Wildman–Crippen MR) is 65.2 cm³/mol. The van der Waals surface area contributed by atoms with Crippen molar-refractivity contribution >= 4 is 17.7 Å². The van der Waals surface area contributed by atoms with Crippen molar-refractivity contribution in [1.29, 1.82) is 0 Å². The standard InChI is InChI=1S/C12H20ClNO2/c1-8(2)11(15)16-10-6-9(3)14(13)12(4,5)7-10/h9-10H,1,6-7H2,2-5H3. The molecule has 16 heavy (non-hydrogen) atoms. The van der Waals surface area contributed by atoms with E-state index in [0.717, 1.165) is 12.8 Å². The minimum absolute atomic E-state index is 0.0656. The Kier molecular flexibility index (Phi) is 4.02. The number of nitrogens with zero attached hydrogens (tertiary/aromatic N) is 1. The molecule has 1 saturated heterocycles. The molecule has 0 aromatic carbocycles. The fraction of sp³-hybridized carbons (Fsp3) is 0.750. The maximum atomic E-state index is 11.4. The summed E-state index contributed by atoms with van der Waals surface area (Å²) in [5.74, 6) is -0.309. The van der Waals surface area contributed by atoms with Crippen LogP contribution in [-0.2, 0) is 9.53 Å². The van der Waals surface area contributed by atoms with Crippen LogP contribution in [0.3, 0.4) is 0 Å². The fourth-order valence-corrected chi connectivity index (χ4v) is 2.29. The summed E-state index contributed by atoms with van der Waals surface area (Å²) in [6.45, 7) is 11.4. The van der Waals surface area contributed by atoms with E-state index >= 15 is 0 Å². The van der Waals surface area contributed by atoms with Gasteiger partial charge in [0.05, 0.1) is 0 Å². The van der Waals surface area contributed by atoms with Crippen LogP contribution in [0.2, 0.25) is 0 Å². The van der Waals surface area contributed by atoms with Crippen molar-refractivity contribution < 1.29 is 9.53 Å².